The molecule has 2 heterocycles. The van der Waals surface area contributed by atoms with Crippen LogP contribution in [-0.2, 0) is 9.31 Å². The van der Waals surface area contributed by atoms with Crippen LogP contribution in [0.1, 0.15) is 38.1 Å². The van der Waals surface area contributed by atoms with Crippen LogP contribution in [0.25, 0.3) is 0 Å². The van der Waals surface area contributed by atoms with E-state index >= 15 is 0 Å². The Hall–Kier alpha value is -1.60. The Morgan fingerprint density at radius 1 is 1.26 bits per heavy atom. The smallest absolute Gasteiger partial charge is 0.399 e. The lowest BCUT2D eigenvalue weighted by molar-refractivity contribution is 0.00578. The van der Waals surface area contributed by atoms with Crippen molar-refractivity contribution >= 4 is 18.5 Å². The number of pyridine rings is 1. The summed E-state index contributed by atoms with van der Waals surface area (Å²) in [6.45, 7) is 7.62. The fourth-order valence-electron chi connectivity index (χ4n) is 1.86. The molecule has 6 nitrogen and oxygen atoms in total. The number of rotatable bonds is 2. The van der Waals surface area contributed by atoms with Crippen molar-refractivity contribution in [2.45, 2.75) is 38.9 Å². The third-order valence-corrected chi connectivity index (χ3v) is 3.73. The van der Waals surface area contributed by atoms with Gasteiger partial charge < -0.3 is 20.0 Å². The zero-order valence-corrected chi connectivity index (χ0v) is 11.4. The maximum atomic E-state index is 11.4. The van der Waals surface area contributed by atoms with E-state index in [1.165, 1.54) is 6.20 Å². The number of hydrogen-bond acceptors (Lipinski definition) is 4. The number of nitrogens with one attached hydrogen (secondary N) is 1. The van der Waals surface area contributed by atoms with E-state index in [-0.39, 0.29) is 5.56 Å². The average molecular weight is 264 g/mol. The highest BCUT2D eigenvalue weighted by Gasteiger charge is 2.52. The Kier molecular flexibility index (Phi) is 3.06. The molecule has 1 aliphatic rings. The van der Waals surface area contributed by atoms with E-state index in [1.807, 2.05) is 27.7 Å². The lowest BCUT2D eigenvalue weighted by Gasteiger charge is -2.32. The van der Waals surface area contributed by atoms with E-state index in [4.69, 9.17) is 15.0 Å². The van der Waals surface area contributed by atoms with Gasteiger partial charge in [0.15, 0.2) is 0 Å². The summed E-state index contributed by atoms with van der Waals surface area (Å²) in [4.78, 5) is 25.2. The molecule has 19 heavy (non-hydrogen) atoms. The van der Waals surface area contributed by atoms with Crippen molar-refractivity contribution in [1.29, 1.82) is 0 Å². The van der Waals surface area contributed by atoms with Crippen LogP contribution in [0.2, 0.25) is 0 Å². The van der Waals surface area contributed by atoms with Crippen molar-refractivity contribution in [2.75, 3.05) is 0 Å². The molecule has 0 unspecified atom stereocenters. The third kappa shape index (κ3) is 2.31. The number of primary amides is 1. The minimum atomic E-state index is -0.732. The van der Waals surface area contributed by atoms with Gasteiger partial charge in [-0.25, -0.2) is 0 Å². The summed E-state index contributed by atoms with van der Waals surface area (Å²) < 4.78 is 11.7. The molecule has 102 valence electrons. The molecule has 0 atom stereocenters. The number of amides is 1. The average Bonchev–Trinajstić information content (AvgIpc) is 2.47. The minimum absolute atomic E-state index is 0.113. The molecule has 1 aromatic heterocycles. The highest BCUT2D eigenvalue weighted by molar-refractivity contribution is 6.63. The fourth-order valence-corrected chi connectivity index (χ4v) is 1.86. The Morgan fingerprint density at radius 2 is 1.79 bits per heavy atom. The Bertz CT molecular complexity index is 563. The number of H-pyrrole nitrogens is 1. The lowest BCUT2D eigenvalue weighted by atomic mass is 9.77. The second-order valence-electron chi connectivity index (χ2n) is 5.62. The number of nitrogens with two attached hydrogens (primary N) is 1. The first-order chi connectivity index (χ1) is 8.64. The van der Waals surface area contributed by atoms with E-state index in [0.717, 1.165) is 6.07 Å². The Morgan fingerprint density at radius 3 is 2.26 bits per heavy atom. The van der Waals surface area contributed by atoms with Crippen molar-refractivity contribution in [3.63, 3.8) is 0 Å². The quantitative estimate of drug-likeness (QED) is 0.721. The summed E-state index contributed by atoms with van der Waals surface area (Å²) in [6.07, 6.45) is 1.41. The number of aromatic nitrogens is 1. The van der Waals surface area contributed by atoms with E-state index in [9.17, 15) is 9.59 Å². The first-order valence-electron chi connectivity index (χ1n) is 6.02. The Labute approximate surface area is 111 Å². The molecule has 2 rings (SSSR count). The summed E-state index contributed by atoms with van der Waals surface area (Å²) >= 11 is 0. The fraction of sp³-hybridized carbons (Fsp3) is 0.500. The SMILES string of the molecule is CC1(C)OB(c2c[nH]c(=O)cc2C(N)=O)OC1(C)C. The van der Waals surface area contributed by atoms with Crippen LogP contribution in [0, 0.1) is 0 Å². The molecule has 0 radical (unpaired) electrons. The minimum Gasteiger partial charge on any atom is -0.399 e. The molecule has 1 amide bonds. The third-order valence-electron chi connectivity index (χ3n) is 3.73. The highest BCUT2D eigenvalue weighted by atomic mass is 16.7. The molecular formula is C12H17BN2O4. The highest BCUT2D eigenvalue weighted by Crippen LogP contribution is 2.36. The number of carbonyl (C=O) groups is 1. The molecule has 0 spiro atoms. The standard InChI is InChI=1S/C12H17BN2O4/c1-11(2)12(3,4)19-13(18-11)8-6-15-9(16)5-7(8)10(14)17/h5-6H,1-4H3,(H2,14,17)(H,15,16). The second kappa shape index (κ2) is 4.21. The summed E-state index contributed by atoms with van der Waals surface area (Å²) in [5.41, 5.74) is 4.39. The Balaban J connectivity index is 2.45. The van der Waals surface area contributed by atoms with Gasteiger partial charge in [0, 0.05) is 23.3 Å². The van der Waals surface area contributed by atoms with Crippen LogP contribution in [0.5, 0.6) is 0 Å². The van der Waals surface area contributed by atoms with Gasteiger partial charge in [-0.1, -0.05) is 0 Å². The predicted molar refractivity (Wildman–Crippen MR) is 71.3 cm³/mol. The van der Waals surface area contributed by atoms with Crippen LogP contribution in [0.15, 0.2) is 17.1 Å². The molecular weight excluding hydrogens is 247 g/mol. The van der Waals surface area contributed by atoms with Crippen molar-refractivity contribution in [3.8, 4) is 0 Å². The monoisotopic (exact) mass is 264 g/mol. The largest absolute Gasteiger partial charge is 0.497 e. The molecule has 0 bridgehead atoms. The number of aromatic amines is 1. The van der Waals surface area contributed by atoms with Gasteiger partial charge in [0.1, 0.15) is 0 Å². The van der Waals surface area contributed by atoms with E-state index in [2.05, 4.69) is 4.98 Å². The summed E-state index contributed by atoms with van der Waals surface area (Å²) in [5.74, 6) is -0.684. The van der Waals surface area contributed by atoms with E-state index in [0.29, 0.717) is 5.46 Å². The molecule has 0 aliphatic carbocycles. The van der Waals surface area contributed by atoms with Gasteiger partial charge in [0.2, 0.25) is 11.5 Å². The van der Waals surface area contributed by atoms with E-state index < -0.39 is 29.8 Å². The zero-order valence-electron chi connectivity index (χ0n) is 11.4. The van der Waals surface area contributed by atoms with Crippen molar-refractivity contribution < 1.29 is 14.1 Å². The van der Waals surface area contributed by atoms with Crippen molar-refractivity contribution in [1.82, 2.24) is 4.98 Å². The van der Waals surface area contributed by atoms with Gasteiger partial charge in [-0.15, -0.1) is 0 Å². The van der Waals surface area contributed by atoms with Crippen LogP contribution < -0.4 is 16.8 Å². The topological polar surface area (TPSA) is 94.4 Å². The molecule has 7 heteroatoms. The summed E-state index contributed by atoms with van der Waals surface area (Å²) in [6, 6.07) is 1.16. The first-order valence-corrected chi connectivity index (χ1v) is 6.02. The lowest BCUT2D eigenvalue weighted by Crippen LogP contribution is -2.41. The van der Waals surface area contributed by atoms with Gasteiger partial charge in [0.25, 0.3) is 0 Å². The van der Waals surface area contributed by atoms with E-state index in [1.54, 1.807) is 0 Å². The maximum absolute atomic E-state index is 11.4. The first kappa shape index (κ1) is 13.8. The normalized spacial score (nSPS) is 20.5. The van der Waals surface area contributed by atoms with Gasteiger partial charge in [0.05, 0.1) is 11.2 Å². The van der Waals surface area contributed by atoms with Gasteiger partial charge >= 0.3 is 7.12 Å². The van der Waals surface area contributed by atoms with Crippen LogP contribution >= 0.6 is 0 Å². The second-order valence-corrected chi connectivity index (χ2v) is 5.62. The van der Waals surface area contributed by atoms with Crippen LogP contribution in [-0.4, -0.2) is 29.2 Å². The molecule has 1 fully saturated rings. The van der Waals surface area contributed by atoms with Crippen LogP contribution in [0.4, 0.5) is 0 Å². The number of hydrogen-bond donors (Lipinski definition) is 2. The van der Waals surface area contributed by atoms with Crippen molar-refractivity contribution in [3.05, 3.63) is 28.2 Å². The molecule has 1 saturated heterocycles. The van der Waals surface area contributed by atoms with Gasteiger partial charge in [-0.05, 0) is 27.7 Å². The predicted octanol–water partition coefficient (Wildman–Crippen LogP) is -0.227. The van der Waals surface area contributed by atoms with Crippen LogP contribution in [0.3, 0.4) is 0 Å². The van der Waals surface area contributed by atoms with Crippen molar-refractivity contribution in [2.24, 2.45) is 5.73 Å². The van der Waals surface area contributed by atoms with Gasteiger partial charge in [-0.3, -0.25) is 9.59 Å². The zero-order chi connectivity index (χ0) is 14.4. The number of carbonyl (C=O) groups excluding carboxylic acids is 1. The maximum Gasteiger partial charge on any atom is 0.497 e. The van der Waals surface area contributed by atoms with Gasteiger partial charge in [-0.2, -0.15) is 0 Å². The molecule has 1 aromatic rings. The molecule has 1 aliphatic heterocycles. The summed E-state index contributed by atoms with van der Waals surface area (Å²) in [7, 11) is -0.732. The summed E-state index contributed by atoms with van der Waals surface area (Å²) in [5, 5.41) is 0. The molecule has 0 saturated carbocycles. The molecule has 3 N–H and O–H groups in total. The molecule has 0 aromatic carbocycles.